The highest BCUT2D eigenvalue weighted by molar-refractivity contribution is 6.30. The highest BCUT2D eigenvalue weighted by Crippen LogP contribution is 2.56. The fourth-order valence-corrected chi connectivity index (χ4v) is 6.51. The van der Waals surface area contributed by atoms with Crippen molar-refractivity contribution in [3.63, 3.8) is 0 Å². The molecule has 0 amide bonds. The van der Waals surface area contributed by atoms with Gasteiger partial charge in [-0.25, -0.2) is 4.39 Å². The molecular weight excluding hydrogens is 553 g/mol. The number of nitro groups is 1. The van der Waals surface area contributed by atoms with Gasteiger partial charge in [-0.3, -0.25) is 10.1 Å². The summed E-state index contributed by atoms with van der Waals surface area (Å²) >= 11 is 6.07. The molecule has 0 N–H and O–H groups in total. The third-order valence-corrected chi connectivity index (χ3v) is 8.54. The maximum atomic E-state index is 14.8. The average Bonchev–Trinajstić information content (AvgIpc) is 3.03. The molecule has 0 spiro atoms. The number of ether oxygens (including phenoxy) is 2. The highest BCUT2D eigenvalue weighted by atomic mass is 35.5. The van der Waals surface area contributed by atoms with Crippen LogP contribution in [0.3, 0.4) is 0 Å². The molecule has 3 atom stereocenters. The average molecular weight is 582 g/mol. The summed E-state index contributed by atoms with van der Waals surface area (Å²) in [6.07, 6.45) is 14.5. The van der Waals surface area contributed by atoms with Gasteiger partial charge in [-0.15, -0.1) is 0 Å². The van der Waals surface area contributed by atoms with E-state index in [4.69, 9.17) is 21.1 Å². The maximum Gasteiger partial charge on any atom is 0.269 e. The van der Waals surface area contributed by atoms with Gasteiger partial charge < -0.3 is 9.47 Å². The van der Waals surface area contributed by atoms with Crippen molar-refractivity contribution in [1.29, 1.82) is 0 Å². The van der Waals surface area contributed by atoms with E-state index in [-0.39, 0.29) is 22.5 Å². The maximum absolute atomic E-state index is 14.8. The molecule has 5 nitrogen and oxygen atoms in total. The van der Waals surface area contributed by atoms with Crippen molar-refractivity contribution in [3.05, 3.63) is 147 Å². The van der Waals surface area contributed by atoms with Gasteiger partial charge in [-0.05, 0) is 89.1 Å². The van der Waals surface area contributed by atoms with E-state index >= 15 is 0 Å². The molecule has 4 aromatic rings. The van der Waals surface area contributed by atoms with Crippen LogP contribution in [0.2, 0.25) is 5.02 Å². The predicted octanol–water partition coefficient (Wildman–Crippen LogP) is 9.51. The van der Waals surface area contributed by atoms with E-state index in [2.05, 4.69) is 36.4 Å². The van der Waals surface area contributed by atoms with E-state index in [1.807, 2.05) is 36.4 Å². The number of allylic oxidation sites excluding steroid dienone is 3. The second-order valence-corrected chi connectivity index (χ2v) is 11.1. The number of hydrogen-bond donors (Lipinski definition) is 0. The summed E-state index contributed by atoms with van der Waals surface area (Å²) in [7, 11) is 0. The van der Waals surface area contributed by atoms with Gasteiger partial charge in [0.2, 0.25) is 0 Å². The minimum absolute atomic E-state index is 0.00660. The zero-order chi connectivity index (χ0) is 29.1. The van der Waals surface area contributed by atoms with Crippen LogP contribution in [0, 0.1) is 21.8 Å². The summed E-state index contributed by atoms with van der Waals surface area (Å²) in [5, 5.41) is 13.6. The number of hydrogen-bond acceptors (Lipinski definition) is 4. The zero-order valence-corrected chi connectivity index (χ0v) is 23.5. The molecule has 2 aliphatic carbocycles. The smallest absolute Gasteiger partial charge is 0.269 e. The quantitative estimate of drug-likeness (QED) is 0.178. The van der Waals surface area contributed by atoms with Gasteiger partial charge in [-0.1, -0.05) is 72.3 Å². The van der Waals surface area contributed by atoms with Crippen LogP contribution in [0.25, 0.3) is 16.8 Å². The van der Waals surface area contributed by atoms with E-state index in [0.29, 0.717) is 17.7 Å². The van der Waals surface area contributed by atoms with Gasteiger partial charge in [0.05, 0.1) is 16.2 Å². The van der Waals surface area contributed by atoms with Crippen molar-refractivity contribution in [2.24, 2.45) is 5.92 Å². The first-order valence-electron chi connectivity index (χ1n) is 14.0. The van der Waals surface area contributed by atoms with Crippen molar-refractivity contribution in [3.8, 4) is 5.75 Å². The number of nitro benzene ring substituents is 1. The van der Waals surface area contributed by atoms with Crippen molar-refractivity contribution in [2.75, 3.05) is 6.61 Å². The van der Waals surface area contributed by atoms with E-state index in [0.717, 1.165) is 36.0 Å². The SMILES string of the molecule is C1=CCOC=C1.O=[N+]([O-])c1ccc(OC2(c3ccc(Cl)c(F)c3)CCCC3C=Cc4c(ccc5ccccc45)C32)cc1. The topological polar surface area (TPSA) is 61.6 Å². The van der Waals surface area contributed by atoms with E-state index < -0.39 is 16.3 Å². The van der Waals surface area contributed by atoms with Crippen LogP contribution < -0.4 is 4.74 Å². The van der Waals surface area contributed by atoms with Crippen LogP contribution in [0.4, 0.5) is 10.1 Å². The molecule has 42 heavy (non-hydrogen) atoms. The van der Waals surface area contributed by atoms with Crippen LogP contribution in [0.5, 0.6) is 5.75 Å². The van der Waals surface area contributed by atoms with Crippen LogP contribution >= 0.6 is 11.6 Å². The van der Waals surface area contributed by atoms with Gasteiger partial charge in [0.1, 0.15) is 23.8 Å². The number of benzene rings is 4. The monoisotopic (exact) mass is 581 g/mol. The normalized spacial score (nSPS) is 21.9. The van der Waals surface area contributed by atoms with Crippen LogP contribution in [0.15, 0.2) is 109 Å². The Hall–Kier alpha value is -4.42. The van der Waals surface area contributed by atoms with Crippen molar-refractivity contribution in [1.82, 2.24) is 0 Å². The number of rotatable bonds is 4. The number of halogens is 2. The molecule has 3 unspecified atom stereocenters. The van der Waals surface area contributed by atoms with Gasteiger partial charge >= 0.3 is 0 Å². The molecule has 212 valence electrons. The lowest BCUT2D eigenvalue weighted by Crippen LogP contribution is -2.46. The van der Waals surface area contributed by atoms with Crippen molar-refractivity contribution in [2.45, 2.75) is 30.8 Å². The Balaban J connectivity index is 0.000000470. The van der Waals surface area contributed by atoms with Gasteiger partial charge in [0.15, 0.2) is 0 Å². The molecule has 7 rings (SSSR count). The molecule has 1 fully saturated rings. The molecule has 3 aliphatic rings. The summed E-state index contributed by atoms with van der Waals surface area (Å²) in [5.74, 6) is 0.136. The molecule has 1 heterocycles. The lowest BCUT2D eigenvalue weighted by Gasteiger charge is -2.49. The molecule has 7 heteroatoms. The van der Waals surface area contributed by atoms with E-state index in [1.54, 1.807) is 24.5 Å². The van der Waals surface area contributed by atoms with E-state index in [9.17, 15) is 14.5 Å². The Kier molecular flexibility index (Phi) is 7.81. The first-order chi connectivity index (χ1) is 20.5. The van der Waals surface area contributed by atoms with Crippen molar-refractivity contribution >= 4 is 34.1 Å². The summed E-state index contributed by atoms with van der Waals surface area (Å²) < 4.78 is 26.5. The lowest BCUT2D eigenvalue weighted by molar-refractivity contribution is -0.384. The van der Waals surface area contributed by atoms with Gasteiger partial charge in [0.25, 0.3) is 5.69 Å². The minimum Gasteiger partial charge on any atom is -0.497 e. The fourth-order valence-electron chi connectivity index (χ4n) is 6.40. The van der Waals surface area contributed by atoms with E-state index in [1.165, 1.54) is 23.6 Å². The second kappa shape index (κ2) is 11.8. The number of nitrogens with zero attached hydrogens (tertiary/aromatic N) is 1. The summed E-state index contributed by atoms with van der Waals surface area (Å²) in [6, 6.07) is 23.6. The van der Waals surface area contributed by atoms with Crippen molar-refractivity contribution < 1.29 is 18.8 Å². The molecule has 0 radical (unpaired) electrons. The highest BCUT2D eigenvalue weighted by Gasteiger charge is 2.51. The summed E-state index contributed by atoms with van der Waals surface area (Å²) in [5.41, 5.74) is 2.15. The standard InChI is InChI=1S/C30H23ClFNO3.C5H6O/c31-27-16-9-21(18-28(27)32)30(36-23-12-10-22(11-13-23)33(34)35)17-3-5-20-8-14-25-24-6-2-1-4-19(24)7-15-26(25)29(20)30;1-2-4-6-5-3-1/h1-2,4,6-16,18,20,29H,3,5,17H2;1-4H,5H2. The zero-order valence-electron chi connectivity index (χ0n) is 22.8. The summed E-state index contributed by atoms with van der Waals surface area (Å²) in [6.45, 7) is 0.733. The predicted molar refractivity (Wildman–Crippen MR) is 164 cm³/mol. The molecule has 0 bridgehead atoms. The minimum atomic E-state index is -0.882. The van der Waals surface area contributed by atoms with Gasteiger partial charge in [0, 0.05) is 18.1 Å². The Morgan fingerprint density at radius 3 is 2.55 bits per heavy atom. The Morgan fingerprint density at radius 1 is 1.02 bits per heavy atom. The Labute approximate surface area is 248 Å². The molecule has 0 aromatic heterocycles. The number of fused-ring (bicyclic) bond motifs is 5. The first kappa shape index (κ1) is 27.7. The molecular formula is C35H29ClFNO4. The van der Waals surface area contributed by atoms with Crippen LogP contribution in [0.1, 0.15) is 41.9 Å². The lowest BCUT2D eigenvalue weighted by atomic mass is 9.60. The third kappa shape index (κ3) is 5.30. The Morgan fingerprint density at radius 2 is 1.86 bits per heavy atom. The summed E-state index contributed by atoms with van der Waals surface area (Å²) in [4.78, 5) is 10.8. The molecule has 0 saturated heterocycles. The molecule has 4 aromatic carbocycles. The largest absolute Gasteiger partial charge is 0.497 e. The van der Waals surface area contributed by atoms with Crippen LogP contribution in [-0.2, 0) is 10.3 Å². The van der Waals surface area contributed by atoms with Crippen LogP contribution in [-0.4, -0.2) is 11.5 Å². The van der Waals surface area contributed by atoms with Gasteiger partial charge in [-0.2, -0.15) is 0 Å². The first-order valence-corrected chi connectivity index (χ1v) is 14.4. The molecule has 1 aliphatic heterocycles. The second-order valence-electron chi connectivity index (χ2n) is 10.6. The fraction of sp³-hybridized carbons (Fsp3) is 0.200. The molecule has 1 saturated carbocycles. The number of non-ortho nitro benzene ring substituents is 1. The Bertz CT molecular complexity index is 1700. The third-order valence-electron chi connectivity index (χ3n) is 8.24.